The lowest BCUT2D eigenvalue weighted by Crippen LogP contribution is -2.19. The Morgan fingerprint density at radius 2 is 2.43 bits per heavy atom. The van der Waals surface area contributed by atoms with E-state index in [2.05, 4.69) is 25.6 Å². The molecular formula is C8H12N6. The molecule has 2 N–H and O–H groups in total. The molecule has 0 amide bonds. The molecule has 0 radical (unpaired) electrons. The zero-order valence-corrected chi connectivity index (χ0v) is 8.10. The molecule has 2 rings (SSSR count). The fourth-order valence-electron chi connectivity index (χ4n) is 1.37. The molecule has 2 aromatic heterocycles. The number of rotatable bonds is 3. The number of nitrogens with zero attached hydrogens (tertiary/aromatic N) is 4. The Morgan fingerprint density at radius 1 is 1.57 bits per heavy atom. The Hall–Kier alpha value is -1.69. The van der Waals surface area contributed by atoms with Crippen LogP contribution in [0.4, 0.5) is 0 Å². The number of aromatic nitrogens is 5. The third-order valence-corrected chi connectivity index (χ3v) is 2.03. The molecule has 6 heteroatoms. The van der Waals surface area contributed by atoms with E-state index in [1.165, 1.54) is 6.33 Å². The fourth-order valence-corrected chi connectivity index (χ4v) is 1.37. The van der Waals surface area contributed by atoms with Gasteiger partial charge in [0.1, 0.15) is 18.2 Å². The molecule has 14 heavy (non-hydrogen) atoms. The van der Waals surface area contributed by atoms with Crippen molar-refractivity contribution in [1.82, 2.24) is 30.3 Å². The van der Waals surface area contributed by atoms with Gasteiger partial charge in [-0.05, 0) is 13.1 Å². The Kier molecular flexibility index (Phi) is 2.28. The van der Waals surface area contributed by atoms with E-state index in [1.54, 1.807) is 4.68 Å². The second kappa shape index (κ2) is 3.59. The number of nitrogens with one attached hydrogen (secondary N) is 2. The zero-order chi connectivity index (χ0) is 9.97. The van der Waals surface area contributed by atoms with Crippen LogP contribution in [0.2, 0.25) is 0 Å². The van der Waals surface area contributed by atoms with E-state index in [1.807, 2.05) is 26.4 Å². The van der Waals surface area contributed by atoms with E-state index in [0.717, 1.165) is 11.5 Å². The highest BCUT2D eigenvalue weighted by atomic mass is 15.3. The molecule has 6 nitrogen and oxygen atoms in total. The van der Waals surface area contributed by atoms with Crippen molar-refractivity contribution in [3.63, 3.8) is 0 Å². The lowest BCUT2D eigenvalue weighted by molar-refractivity contribution is 0.612. The van der Waals surface area contributed by atoms with E-state index in [9.17, 15) is 0 Å². The van der Waals surface area contributed by atoms with Crippen molar-refractivity contribution in [2.75, 3.05) is 7.05 Å². The minimum Gasteiger partial charge on any atom is -0.305 e. The highest BCUT2D eigenvalue weighted by molar-refractivity contribution is 5.14. The summed E-state index contributed by atoms with van der Waals surface area (Å²) in [5.41, 5.74) is 0.923. The highest BCUT2D eigenvalue weighted by Crippen LogP contribution is 2.14. The quantitative estimate of drug-likeness (QED) is 0.709. The molecule has 2 aromatic rings. The average Bonchev–Trinajstić information content (AvgIpc) is 2.79. The number of aryl methyl sites for hydroxylation is 1. The predicted octanol–water partition coefficient (Wildman–Crippen LogP) is -0.153. The summed E-state index contributed by atoms with van der Waals surface area (Å²) in [4.78, 5) is 4.09. The summed E-state index contributed by atoms with van der Waals surface area (Å²) in [6.45, 7) is 0. The Balaban J connectivity index is 2.31. The van der Waals surface area contributed by atoms with E-state index in [0.29, 0.717) is 0 Å². The molecule has 0 aliphatic rings. The molecule has 0 saturated heterocycles. The third kappa shape index (κ3) is 1.51. The molecule has 0 spiro atoms. The SMILES string of the molecule is CNC(c1ccn(C)n1)c1ncn[nH]1. The van der Waals surface area contributed by atoms with Gasteiger partial charge in [-0.2, -0.15) is 10.2 Å². The summed E-state index contributed by atoms with van der Waals surface area (Å²) in [7, 11) is 3.75. The van der Waals surface area contributed by atoms with Gasteiger partial charge in [0, 0.05) is 13.2 Å². The second-order valence-corrected chi connectivity index (χ2v) is 3.01. The monoisotopic (exact) mass is 192 g/mol. The Labute approximate surface area is 81.4 Å². The van der Waals surface area contributed by atoms with Gasteiger partial charge in [0.2, 0.25) is 0 Å². The third-order valence-electron chi connectivity index (χ3n) is 2.03. The molecule has 2 heterocycles. The molecule has 0 saturated carbocycles. The van der Waals surface area contributed by atoms with Crippen LogP contribution in [0.15, 0.2) is 18.6 Å². The molecule has 74 valence electrons. The first-order valence-corrected chi connectivity index (χ1v) is 4.33. The topological polar surface area (TPSA) is 71.4 Å². The average molecular weight is 192 g/mol. The summed E-state index contributed by atoms with van der Waals surface area (Å²) >= 11 is 0. The number of hydrogen-bond donors (Lipinski definition) is 2. The molecule has 0 aliphatic carbocycles. The largest absolute Gasteiger partial charge is 0.305 e. The van der Waals surface area contributed by atoms with E-state index in [4.69, 9.17) is 0 Å². The second-order valence-electron chi connectivity index (χ2n) is 3.01. The van der Waals surface area contributed by atoms with Gasteiger partial charge in [-0.15, -0.1) is 0 Å². The molecule has 0 aliphatic heterocycles. The number of aromatic amines is 1. The van der Waals surface area contributed by atoms with Crippen LogP contribution in [0.3, 0.4) is 0 Å². The fraction of sp³-hybridized carbons (Fsp3) is 0.375. The van der Waals surface area contributed by atoms with Gasteiger partial charge in [-0.25, -0.2) is 4.98 Å². The minimum atomic E-state index is -0.0290. The lowest BCUT2D eigenvalue weighted by atomic mass is 10.2. The summed E-state index contributed by atoms with van der Waals surface area (Å²) in [5, 5.41) is 14.1. The van der Waals surface area contributed by atoms with Gasteiger partial charge >= 0.3 is 0 Å². The van der Waals surface area contributed by atoms with Crippen molar-refractivity contribution in [2.45, 2.75) is 6.04 Å². The first-order chi connectivity index (χ1) is 6.81. The molecule has 1 unspecified atom stereocenters. The van der Waals surface area contributed by atoms with Crippen molar-refractivity contribution in [3.05, 3.63) is 30.1 Å². The Morgan fingerprint density at radius 3 is 2.93 bits per heavy atom. The van der Waals surface area contributed by atoms with Crippen molar-refractivity contribution in [1.29, 1.82) is 0 Å². The van der Waals surface area contributed by atoms with Gasteiger partial charge in [0.05, 0.1) is 5.69 Å². The first-order valence-electron chi connectivity index (χ1n) is 4.33. The van der Waals surface area contributed by atoms with Crippen molar-refractivity contribution in [2.24, 2.45) is 7.05 Å². The van der Waals surface area contributed by atoms with E-state index < -0.39 is 0 Å². The lowest BCUT2D eigenvalue weighted by Gasteiger charge is -2.09. The van der Waals surface area contributed by atoms with Crippen LogP contribution in [0, 0.1) is 0 Å². The maximum Gasteiger partial charge on any atom is 0.147 e. The number of H-pyrrole nitrogens is 1. The van der Waals surface area contributed by atoms with Gasteiger partial charge in [0.15, 0.2) is 0 Å². The summed E-state index contributed by atoms with van der Waals surface area (Å²) in [5.74, 6) is 0.770. The van der Waals surface area contributed by atoms with Crippen LogP contribution < -0.4 is 5.32 Å². The summed E-state index contributed by atoms with van der Waals surface area (Å²) in [6, 6.07) is 1.92. The van der Waals surface area contributed by atoms with Gasteiger partial charge in [-0.1, -0.05) is 0 Å². The summed E-state index contributed by atoms with van der Waals surface area (Å²) in [6.07, 6.45) is 3.39. The normalized spacial score (nSPS) is 13.0. The standard InChI is InChI=1S/C8H12N6/c1-9-7(8-10-5-11-12-8)6-3-4-14(2)13-6/h3-5,7,9H,1-2H3,(H,10,11,12). The van der Waals surface area contributed by atoms with Crippen molar-refractivity contribution >= 4 is 0 Å². The van der Waals surface area contributed by atoms with E-state index >= 15 is 0 Å². The summed E-state index contributed by atoms with van der Waals surface area (Å²) < 4.78 is 1.76. The molecule has 0 fully saturated rings. The van der Waals surface area contributed by atoms with Crippen molar-refractivity contribution < 1.29 is 0 Å². The number of hydrogen-bond acceptors (Lipinski definition) is 4. The first kappa shape index (κ1) is 8.89. The maximum atomic E-state index is 4.30. The molecule has 0 bridgehead atoms. The zero-order valence-electron chi connectivity index (χ0n) is 8.10. The van der Waals surface area contributed by atoms with Crippen LogP contribution in [0.25, 0.3) is 0 Å². The molecular weight excluding hydrogens is 180 g/mol. The highest BCUT2D eigenvalue weighted by Gasteiger charge is 2.16. The predicted molar refractivity (Wildman–Crippen MR) is 50.5 cm³/mol. The van der Waals surface area contributed by atoms with Crippen LogP contribution in [-0.4, -0.2) is 32.0 Å². The van der Waals surface area contributed by atoms with E-state index in [-0.39, 0.29) is 6.04 Å². The Bertz CT molecular complexity index is 390. The smallest absolute Gasteiger partial charge is 0.147 e. The minimum absolute atomic E-state index is 0.0290. The maximum absolute atomic E-state index is 4.30. The molecule has 1 atom stereocenters. The van der Waals surface area contributed by atoms with Crippen LogP contribution in [0.1, 0.15) is 17.6 Å². The van der Waals surface area contributed by atoms with Gasteiger partial charge < -0.3 is 5.32 Å². The van der Waals surface area contributed by atoms with Gasteiger partial charge in [0.25, 0.3) is 0 Å². The van der Waals surface area contributed by atoms with Gasteiger partial charge in [-0.3, -0.25) is 9.78 Å². The van der Waals surface area contributed by atoms with Crippen molar-refractivity contribution in [3.8, 4) is 0 Å². The molecule has 0 aromatic carbocycles. The van der Waals surface area contributed by atoms with Crippen LogP contribution >= 0.6 is 0 Å². The van der Waals surface area contributed by atoms with Crippen LogP contribution in [0.5, 0.6) is 0 Å². The van der Waals surface area contributed by atoms with Crippen LogP contribution in [-0.2, 0) is 7.05 Å².